The molecule has 0 radical (unpaired) electrons. The minimum Gasteiger partial charge on any atom is -0.435 e. The Balaban J connectivity index is 1.93. The Kier molecular flexibility index (Phi) is 7.82. The summed E-state index contributed by atoms with van der Waals surface area (Å²) in [4.78, 5) is 18.4. The smallest absolute Gasteiger partial charge is 0.387 e. The Hall–Kier alpha value is -3.40. The van der Waals surface area contributed by atoms with E-state index in [4.69, 9.17) is 9.81 Å². The van der Waals surface area contributed by atoms with E-state index in [0.29, 0.717) is 16.3 Å². The molecule has 2 aromatic carbocycles. The molecule has 0 saturated carbocycles. The van der Waals surface area contributed by atoms with E-state index in [2.05, 4.69) is 15.0 Å². The molecule has 1 aromatic heterocycles. The Bertz CT molecular complexity index is 1130. The highest BCUT2D eigenvalue weighted by Gasteiger charge is 2.22. The average molecular weight is 479 g/mol. The van der Waals surface area contributed by atoms with Crippen LogP contribution in [0.5, 0.6) is 5.75 Å². The van der Waals surface area contributed by atoms with Crippen molar-refractivity contribution in [1.29, 1.82) is 5.26 Å². The maximum atomic E-state index is 12.5. The second-order valence-corrected chi connectivity index (χ2v) is 8.01. The Labute approximate surface area is 188 Å². The van der Waals surface area contributed by atoms with E-state index in [9.17, 15) is 17.8 Å². The molecule has 0 spiro atoms. The van der Waals surface area contributed by atoms with E-state index in [1.807, 2.05) is 6.07 Å². The van der Waals surface area contributed by atoms with Gasteiger partial charge in [0.05, 0.1) is 17.1 Å². The number of nitriles is 1. The highest BCUT2D eigenvalue weighted by molar-refractivity contribution is 7.79. The number of carbonyl (C=O) groups excluding carboxylic acids is 1. The largest absolute Gasteiger partial charge is 0.435 e. The van der Waals surface area contributed by atoms with Crippen molar-refractivity contribution in [2.75, 3.05) is 10.8 Å². The standard InChI is InChI=1S/C20H16F2N4O4S2/c21-20(22)30-16-7-3-14(4-8-16)10-26(15-5-1-13(9-23)2-6-15)19-17(24-11-31-19)18(27)25-12-32(28)29/h1-8,11,20H,10,12H2,(H,25,27)(H,28,29). The number of nitrogens with one attached hydrogen (secondary N) is 1. The number of anilines is 2. The van der Waals surface area contributed by atoms with Crippen LogP contribution in [0.2, 0.25) is 0 Å². The summed E-state index contributed by atoms with van der Waals surface area (Å²) in [7, 11) is 0. The highest BCUT2D eigenvalue weighted by atomic mass is 32.2. The van der Waals surface area contributed by atoms with Crippen molar-refractivity contribution in [3.8, 4) is 11.8 Å². The maximum Gasteiger partial charge on any atom is 0.387 e. The van der Waals surface area contributed by atoms with Crippen molar-refractivity contribution in [2.24, 2.45) is 0 Å². The number of ether oxygens (including phenoxy) is 1. The fourth-order valence-electron chi connectivity index (χ4n) is 2.75. The van der Waals surface area contributed by atoms with E-state index < -0.39 is 29.5 Å². The molecule has 166 valence electrons. The predicted molar refractivity (Wildman–Crippen MR) is 115 cm³/mol. The summed E-state index contributed by atoms with van der Waals surface area (Å²) in [6.07, 6.45) is 0. The van der Waals surface area contributed by atoms with Gasteiger partial charge in [-0.05, 0) is 42.0 Å². The van der Waals surface area contributed by atoms with Gasteiger partial charge in [0.1, 0.15) is 16.6 Å². The lowest BCUT2D eigenvalue weighted by molar-refractivity contribution is -0.0498. The zero-order chi connectivity index (χ0) is 23.1. The third-order valence-corrected chi connectivity index (χ3v) is 5.40. The fourth-order valence-corrected chi connectivity index (χ4v) is 3.82. The number of aromatic nitrogens is 1. The molecule has 8 nitrogen and oxygen atoms in total. The average Bonchev–Trinajstić information content (AvgIpc) is 3.26. The van der Waals surface area contributed by atoms with Crippen molar-refractivity contribution in [2.45, 2.75) is 13.2 Å². The van der Waals surface area contributed by atoms with Crippen molar-refractivity contribution >= 4 is 39.0 Å². The van der Waals surface area contributed by atoms with Crippen LogP contribution in [0, 0.1) is 11.3 Å². The van der Waals surface area contributed by atoms with Gasteiger partial charge in [-0.25, -0.2) is 9.19 Å². The summed E-state index contributed by atoms with van der Waals surface area (Å²) in [5, 5.41) is 11.9. The third kappa shape index (κ3) is 6.07. The molecule has 32 heavy (non-hydrogen) atoms. The van der Waals surface area contributed by atoms with Crippen LogP contribution in [0.3, 0.4) is 0 Å². The van der Waals surface area contributed by atoms with Gasteiger partial charge >= 0.3 is 6.61 Å². The van der Waals surface area contributed by atoms with Gasteiger partial charge < -0.3 is 19.5 Å². The summed E-state index contributed by atoms with van der Waals surface area (Å²) in [5.74, 6) is -1.05. The van der Waals surface area contributed by atoms with Gasteiger partial charge in [-0.1, -0.05) is 12.1 Å². The molecule has 1 atom stereocenters. The quantitative estimate of drug-likeness (QED) is 0.449. The Morgan fingerprint density at radius 2 is 1.94 bits per heavy atom. The number of rotatable bonds is 9. The number of nitrogens with zero attached hydrogens (tertiary/aromatic N) is 3. The van der Waals surface area contributed by atoms with Crippen LogP contribution in [-0.2, 0) is 17.6 Å². The summed E-state index contributed by atoms with van der Waals surface area (Å²) in [5.41, 5.74) is 3.36. The van der Waals surface area contributed by atoms with Crippen LogP contribution in [-0.4, -0.2) is 32.1 Å². The topological polar surface area (TPSA) is 116 Å². The predicted octanol–water partition coefficient (Wildman–Crippen LogP) is 3.86. The van der Waals surface area contributed by atoms with Crippen molar-refractivity contribution in [3.05, 3.63) is 70.9 Å². The number of hydrogen-bond acceptors (Lipinski definition) is 7. The van der Waals surface area contributed by atoms with Crippen molar-refractivity contribution in [1.82, 2.24) is 10.3 Å². The molecule has 1 amide bonds. The van der Waals surface area contributed by atoms with Crippen molar-refractivity contribution in [3.63, 3.8) is 0 Å². The SMILES string of the molecule is N#Cc1ccc(N(Cc2ccc(OC(F)F)cc2)c2scnc2C(=O)NCS(=O)O)cc1. The summed E-state index contributed by atoms with van der Waals surface area (Å²) < 4.78 is 49.0. The molecule has 1 unspecified atom stereocenters. The summed E-state index contributed by atoms with van der Waals surface area (Å²) >= 11 is -1.03. The summed E-state index contributed by atoms with van der Waals surface area (Å²) in [6.45, 7) is -2.68. The minimum atomic E-state index is -2.93. The molecular weight excluding hydrogens is 462 g/mol. The second kappa shape index (κ2) is 10.8. The molecule has 3 aromatic rings. The molecule has 0 bridgehead atoms. The van der Waals surface area contributed by atoms with E-state index in [-0.39, 0.29) is 18.0 Å². The van der Waals surface area contributed by atoms with Gasteiger partial charge in [0, 0.05) is 12.2 Å². The normalized spacial score (nSPS) is 11.6. The van der Waals surface area contributed by atoms with Crippen LogP contribution in [0.15, 0.2) is 54.0 Å². The van der Waals surface area contributed by atoms with Crippen LogP contribution in [0.4, 0.5) is 19.5 Å². The first-order valence-electron chi connectivity index (χ1n) is 8.98. The maximum absolute atomic E-state index is 12.5. The number of thiazole rings is 1. The molecule has 1 heterocycles. The number of halogens is 2. The zero-order valence-corrected chi connectivity index (χ0v) is 17.9. The first kappa shape index (κ1) is 23.3. The fraction of sp³-hybridized carbons (Fsp3) is 0.150. The minimum absolute atomic E-state index is 0.0172. The second-order valence-electron chi connectivity index (χ2n) is 6.25. The first-order chi connectivity index (χ1) is 15.4. The van der Waals surface area contributed by atoms with Crippen LogP contribution < -0.4 is 15.0 Å². The van der Waals surface area contributed by atoms with Gasteiger partial charge in [-0.3, -0.25) is 4.79 Å². The van der Waals surface area contributed by atoms with E-state index in [0.717, 1.165) is 5.56 Å². The lowest BCUT2D eigenvalue weighted by atomic mass is 10.1. The first-order valence-corrected chi connectivity index (χ1v) is 11.1. The van der Waals surface area contributed by atoms with Gasteiger partial charge in [-0.15, -0.1) is 11.3 Å². The van der Waals surface area contributed by atoms with Gasteiger partial charge in [0.2, 0.25) is 0 Å². The van der Waals surface area contributed by atoms with Crippen LogP contribution in [0.1, 0.15) is 21.6 Å². The Morgan fingerprint density at radius 1 is 1.25 bits per heavy atom. The molecule has 0 aliphatic rings. The number of amides is 1. The van der Waals surface area contributed by atoms with E-state index in [1.165, 1.54) is 29.0 Å². The molecule has 12 heteroatoms. The molecule has 0 fully saturated rings. The Morgan fingerprint density at radius 3 is 2.53 bits per heavy atom. The molecule has 2 N–H and O–H groups in total. The van der Waals surface area contributed by atoms with Crippen molar-refractivity contribution < 1.29 is 27.1 Å². The van der Waals surface area contributed by atoms with Gasteiger partial charge in [-0.2, -0.15) is 14.0 Å². The number of hydrogen-bond donors (Lipinski definition) is 2. The molecule has 0 aliphatic heterocycles. The molecule has 3 rings (SSSR count). The number of alkyl halides is 2. The van der Waals surface area contributed by atoms with E-state index >= 15 is 0 Å². The number of carbonyl (C=O) groups is 1. The molecule has 0 aliphatic carbocycles. The zero-order valence-electron chi connectivity index (χ0n) is 16.3. The molecule has 0 saturated heterocycles. The van der Waals surface area contributed by atoms with Gasteiger partial charge in [0.25, 0.3) is 5.91 Å². The van der Waals surface area contributed by atoms with Crippen LogP contribution >= 0.6 is 11.3 Å². The highest BCUT2D eigenvalue weighted by Crippen LogP contribution is 2.34. The third-order valence-electron chi connectivity index (χ3n) is 4.16. The van der Waals surface area contributed by atoms with Crippen LogP contribution in [0.25, 0.3) is 0 Å². The monoisotopic (exact) mass is 478 g/mol. The van der Waals surface area contributed by atoms with E-state index in [1.54, 1.807) is 41.3 Å². The lowest BCUT2D eigenvalue weighted by Crippen LogP contribution is -2.29. The molecular formula is C20H16F2N4O4S2. The van der Waals surface area contributed by atoms with Gasteiger partial charge in [0.15, 0.2) is 16.8 Å². The number of benzene rings is 2. The summed E-state index contributed by atoms with van der Waals surface area (Å²) in [6, 6.07) is 14.7. The lowest BCUT2D eigenvalue weighted by Gasteiger charge is -2.24.